The Morgan fingerprint density at radius 2 is 2.27 bits per heavy atom. The number of rotatable bonds is 6. The molecule has 1 rings (SSSR count). The molecule has 86 valence electrons. The minimum Gasteiger partial charge on any atom is -0.382 e. The molecule has 4 heteroatoms. The van der Waals surface area contributed by atoms with Gasteiger partial charge in [-0.2, -0.15) is 0 Å². The standard InChI is InChI=1S/C11H20N2O2/c1-4-6-9(15-5-2)10(14)11-12-7-8-13(11)3/h7-10,14H,4-6H2,1-3H3. The molecule has 2 atom stereocenters. The molecule has 2 unspecified atom stereocenters. The van der Waals surface area contributed by atoms with Crippen molar-refractivity contribution in [2.24, 2.45) is 7.05 Å². The van der Waals surface area contributed by atoms with E-state index in [0.717, 1.165) is 12.8 Å². The fourth-order valence-corrected chi connectivity index (χ4v) is 1.66. The third-order valence-electron chi connectivity index (χ3n) is 2.43. The molecule has 0 amide bonds. The zero-order valence-corrected chi connectivity index (χ0v) is 9.68. The summed E-state index contributed by atoms with van der Waals surface area (Å²) in [5.74, 6) is 0.668. The van der Waals surface area contributed by atoms with Gasteiger partial charge in [0.15, 0.2) is 0 Å². The van der Waals surface area contributed by atoms with Gasteiger partial charge in [-0.05, 0) is 13.3 Å². The van der Waals surface area contributed by atoms with Gasteiger partial charge in [-0.15, -0.1) is 0 Å². The van der Waals surface area contributed by atoms with Crippen LogP contribution < -0.4 is 0 Å². The van der Waals surface area contributed by atoms with E-state index in [-0.39, 0.29) is 6.10 Å². The molecular formula is C11H20N2O2. The minimum atomic E-state index is -0.634. The lowest BCUT2D eigenvalue weighted by atomic mass is 10.1. The highest BCUT2D eigenvalue weighted by Gasteiger charge is 2.23. The zero-order chi connectivity index (χ0) is 11.3. The van der Waals surface area contributed by atoms with Crippen molar-refractivity contribution in [3.63, 3.8) is 0 Å². The smallest absolute Gasteiger partial charge is 0.140 e. The maximum absolute atomic E-state index is 10.1. The Hall–Kier alpha value is -0.870. The molecule has 4 nitrogen and oxygen atoms in total. The summed E-state index contributed by atoms with van der Waals surface area (Å²) in [5, 5.41) is 10.1. The molecule has 0 saturated heterocycles. The quantitative estimate of drug-likeness (QED) is 0.780. The van der Waals surface area contributed by atoms with Crippen molar-refractivity contribution in [1.82, 2.24) is 9.55 Å². The molecule has 0 aliphatic rings. The molecule has 0 aliphatic heterocycles. The average Bonchev–Trinajstić information content (AvgIpc) is 2.63. The fourth-order valence-electron chi connectivity index (χ4n) is 1.66. The third-order valence-corrected chi connectivity index (χ3v) is 2.43. The molecule has 0 aromatic carbocycles. The molecule has 0 saturated carbocycles. The van der Waals surface area contributed by atoms with E-state index in [1.54, 1.807) is 6.20 Å². The molecule has 0 spiro atoms. The van der Waals surface area contributed by atoms with Crippen LogP contribution >= 0.6 is 0 Å². The summed E-state index contributed by atoms with van der Waals surface area (Å²) in [6, 6.07) is 0. The highest BCUT2D eigenvalue weighted by molar-refractivity contribution is 4.98. The Bertz CT molecular complexity index is 280. The maximum atomic E-state index is 10.1. The number of ether oxygens (including phenoxy) is 1. The molecule has 1 aromatic heterocycles. The van der Waals surface area contributed by atoms with E-state index in [9.17, 15) is 5.11 Å². The SMILES string of the molecule is CCCC(OCC)C(O)c1nccn1C. The second-order valence-corrected chi connectivity index (χ2v) is 3.62. The number of nitrogens with zero attached hydrogens (tertiary/aromatic N) is 2. The van der Waals surface area contributed by atoms with Crippen LogP contribution in [0.25, 0.3) is 0 Å². The van der Waals surface area contributed by atoms with Gasteiger partial charge >= 0.3 is 0 Å². The van der Waals surface area contributed by atoms with Gasteiger partial charge in [0.25, 0.3) is 0 Å². The number of aliphatic hydroxyl groups is 1. The number of aryl methyl sites for hydroxylation is 1. The molecular weight excluding hydrogens is 192 g/mol. The number of aliphatic hydroxyl groups excluding tert-OH is 1. The van der Waals surface area contributed by atoms with Gasteiger partial charge in [0.1, 0.15) is 11.9 Å². The third kappa shape index (κ3) is 3.04. The molecule has 1 N–H and O–H groups in total. The highest BCUT2D eigenvalue weighted by Crippen LogP contribution is 2.20. The fraction of sp³-hybridized carbons (Fsp3) is 0.727. The summed E-state index contributed by atoms with van der Waals surface area (Å²) in [5.41, 5.74) is 0. The Morgan fingerprint density at radius 1 is 1.53 bits per heavy atom. The van der Waals surface area contributed by atoms with Crippen LogP contribution in [-0.4, -0.2) is 27.4 Å². The topological polar surface area (TPSA) is 47.3 Å². The molecule has 0 bridgehead atoms. The predicted molar refractivity (Wildman–Crippen MR) is 58.5 cm³/mol. The highest BCUT2D eigenvalue weighted by atomic mass is 16.5. The second kappa shape index (κ2) is 5.88. The Morgan fingerprint density at radius 3 is 2.73 bits per heavy atom. The van der Waals surface area contributed by atoms with Crippen LogP contribution in [0.15, 0.2) is 12.4 Å². The summed E-state index contributed by atoms with van der Waals surface area (Å²) in [7, 11) is 1.88. The first-order chi connectivity index (χ1) is 7.20. The van der Waals surface area contributed by atoms with E-state index in [1.165, 1.54) is 0 Å². The van der Waals surface area contributed by atoms with Crippen LogP contribution in [0, 0.1) is 0 Å². The van der Waals surface area contributed by atoms with Gasteiger partial charge in [-0.25, -0.2) is 4.98 Å². The monoisotopic (exact) mass is 212 g/mol. The number of hydrogen-bond donors (Lipinski definition) is 1. The molecule has 15 heavy (non-hydrogen) atoms. The number of imidazole rings is 1. The molecule has 0 fully saturated rings. The second-order valence-electron chi connectivity index (χ2n) is 3.62. The van der Waals surface area contributed by atoms with E-state index in [0.29, 0.717) is 12.4 Å². The molecule has 0 radical (unpaired) electrons. The van der Waals surface area contributed by atoms with Crippen molar-refractivity contribution in [2.45, 2.75) is 38.9 Å². The van der Waals surface area contributed by atoms with Crippen molar-refractivity contribution in [3.8, 4) is 0 Å². The lowest BCUT2D eigenvalue weighted by molar-refractivity contribution is -0.0431. The minimum absolute atomic E-state index is 0.152. The van der Waals surface area contributed by atoms with Crippen LogP contribution in [0.5, 0.6) is 0 Å². The van der Waals surface area contributed by atoms with E-state index in [4.69, 9.17) is 4.74 Å². The first-order valence-corrected chi connectivity index (χ1v) is 5.47. The van der Waals surface area contributed by atoms with Gasteiger partial charge in [-0.3, -0.25) is 0 Å². The van der Waals surface area contributed by atoms with Gasteiger partial charge in [-0.1, -0.05) is 13.3 Å². The Balaban J connectivity index is 2.71. The van der Waals surface area contributed by atoms with Crippen molar-refractivity contribution in [1.29, 1.82) is 0 Å². The lowest BCUT2D eigenvalue weighted by Gasteiger charge is -2.21. The van der Waals surface area contributed by atoms with E-state index in [2.05, 4.69) is 11.9 Å². The van der Waals surface area contributed by atoms with Crippen molar-refractivity contribution < 1.29 is 9.84 Å². The zero-order valence-electron chi connectivity index (χ0n) is 9.68. The van der Waals surface area contributed by atoms with Crippen LogP contribution in [0.1, 0.15) is 38.6 Å². The first kappa shape index (κ1) is 12.2. The summed E-state index contributed by atoms with van der Waals surface area (Å²) in [6.45, 7) is 4.64. The Labute approximate surface area is 90.9 Å². The summed E-state index contributed by atoms with van der Waals surface area (Å²) in [4.78, 5) is 4.13. The van der Waals surface area contributed by atoms with Crippen molar-refractivity contribution >= 4 is 0 Å². The van der Waals surface area contributed by atoms with Crippen molar-refractivity contribution in [2.75, 3.05) is 6.61 Å². The maximum Gasteiger partial charge on any atom is 0.140 e. The van der Waals surface area contributed by atoms with E-state index in [1.807, 2.05) is 24.7 Å². The first-order valence-electron chi connectivity index (χ1n) is 5.47. The number of aromatic nitrogens is 2. The van der Waals surface area contributed by atoms with Gasteiger partial charge in [0, 0.05) is 26.0 Å². The van der Waals surface area contributed by atoms with Gasteiger partial charge < -0.3 is 14.4 Å². The van der Waals surface area contributed by atoms with Gasteiger partial charge in [0.2, 0.25) is 0 Å². The summed E-state index contributed by atoms with van der Waals surface area (Å²) >= 11 is 0. The average molecular weight is 212 g/mol. The Kier molecular flexibility index (Phi) is 4.78. The predicted octanol–water partition coefficient (Wildman–Crippen LogP) is 1.66. The van der Waals surface area contributed by atoms with Crippen LogP contribution in [0.2, 0.25) is 0 Å². The molecule has 1 heterocycles. The van der Waals surface area contributed by atoms with Crippen LogP contribution in [-0.2, 0) is 11.8 Å². The molecule has 1 aromatic rings. The number of hydrogen-bond acceptors (Lipinski definition) is 3. The van der Waals surface area contributed by atoms with E-state index >= 15 is 0 Å². The summed E-state index contributed by atoms with van der Waals surface area (Å²) in [6.07, 6.45) is 4.57. The lowest BCUT2D eigenvalue weighted by Crippen LogP contribution is -2.24. The van der Waals surface area contributed by atoms with Crippen LogP contribution in [0.3, 0.4) is 0 Å². The van der Waals surface area contributed by atoms with E-state index < -0.39 is 6.10 Å². The largest absolute Gasteiger partial charge is 0.382 e. The molecule has 0 aliphatic carbocycles. The summed E-state index contributed by atoms with van der Waals surface area (Å²) < 4.78 is 7.35. The normalized spacial score (nSPS) is 15.2. The van der Waals surface area contributed by atoms with Gasteiger partial charge in [0.05, 0.1) is 6.10 Å². The van der Waals surface area contributed by atoms with Crippen LogP contribution in [0.4, 0.5) is 0 Å². The van der Waals surface area contributed by atoms with Crippen molar-refractivity contribution in [3.05, 3.63) is 18.2 Å².